The molecule has 7 nitrogen and oxygen atoms in total. The van der Waals surface area contributed by atoms with Crippen molar-refractivity contribution in [3.63, 3.8) is 0 Å². The normalized spacial score (nSPS) is 23.7. The molecule has 1 unspecified atom stereocenters. The van der Waals surface area contributed by atoms with Crippen molar-refractivity contribution in [1.29, 1.82) is 0 Å². The van der Waals surface area contributed by atoms with Gasteiger partial charge in [-0.15, -0.1) is 11.3 Å². The number of ether oxygens (including phenoxy) is 1. The van der Waals surface area contributed by atoms with E-state index in [4.69, 9.17) is 4.74 Å². The van der Waals surface area contributed by atoms with Gasteiger partial charge in [-0.05, 0) is 38.2 Å². The lowest BCUT2D eigenvalue weighted by Crippen LogP contribution is -2.43. The van der Waals surface area contributed by atoms with Gasteiger partial charge in [0, 0.05) is 36.8 Å². The fourth-order valence-corrected chi connectivity index (χ4v) is 4.73. The van der Waals surface area contributed by atoms with E-state index in [0.29, 0.717) is 31.8 Å². The van der Waals surface area contributed by atoms with Crippen LogP contribution in [0.1, 0.15) is 34.8 Å². The Morgan fingerprint density at radius 3 is 2.78 bits per heavy atom. The maximum atomic E-state index is 12.8. The monoisotopic (exact) mass is 389 g/mol. The summed E-state index contributed by atoms with van der Waals surface area (Å²) < 4.78 is 5.70. The molecule has 27 heavy (non-hydrogen) atoms. The lowest BCUT2D eigenvalue weighted by Gasteiger charge is -2.35. The first kappa shape index (κ1) is 18.2. The van der Waals surface area contributed by atoms with E-state index in [1.165, 1.54) is 0 Å². The highest BCUT2D eigenvalue weighted by Crippen LogP contribution is 2.33. The molecule has 2 N–H and O–H groups in total. The summed E-state index contributed by atoms with van der Waals surface area (Å²) in [6, 6.07) is 1.85. The molecule has 2 atom stereocenters. The third kappa shape index (κ3) is 3.64. The second-order valence-corrected chi connectivity index (χ2v) is 8.31. The zero-order valence-corrected chi connectivity index (χ0v) is 16.0. The van der Waals surface area contributed by atoms with E-state index >= 15 is 0 Å². The molecule has 4 heterocycles. The molecule has 2 aliphatic heterocycles. The minimum absolute atomic E-state index is 0.0197. The van der Waals surface area contributed by atoms with Crippen LogP contribution in [0.15, 0.2) is 17.6 Å². The first-order valence-electron chi connectivity index (χ1n) is 9.27. The minimum Gasteiger partial charge on any atom is -0.481 e. The summed E-state index contributed by atoms with van der Waals surface area (Å²) in [6.07, 6.45) is 3.74. The van der Waals surface area contributed by atoms with Crippen LogP contribution < -0.4 is 0 Å². The molecule has 0 spiro atoms. The van der Waals surface area contributed by atoms with Crippen LogP contribution in [0.25, 0.3) is 11.3 Å². The Labute approximate surface area is 161 Å². The SMILES string of the molecule is Cc1nc(-c2c[nH]c(C(=O)N3CCC([C@@H]4OCCC4C(=O)O)CC3)c2)cs1. The molecular weight excluding hydrogens is 366 g/mol. The van der Waals surface area contributed by atoms with Crippen LogP contribution in [0.4, 0.5) is 0 Å². The highest BCUT2D eigenvalue weighted by Gasteiger charge is 2.40. The summed E-state index contributed by atoms with van der Waals surface area (Å²) in [5.74, 6) is -0.999. The number of thiazole rings is 1. The second kappa shape index (κ2) is 7.44. The number of nitrogens with zero attached hydrogens (tertiary/aromatic N) is 2. The molecule has 0 saturated carbocycles. The van der Waals surface area contributed by atoms with E-state index < -0.39 is 11.9 Å². The molecule has 2 fully saturated rings. The van der Waals surface area contributed by atoms with E-state index in [-0.39, 0.29) is 17.9 Å². The molecule has 2 saturated heterocycles. The predicted octanol–water partition coefficient (Wildman–Crippen LogP) is 2.79. The Hall–Kier alpha value is -2.19. The third-order valence-electron chi connectivity index (χ3n) is 5.57. The number of hydrogen-bond acceptors (Lipinski definition) is 5. The molecule has 2 aromatic rings. The highest BCUT2D eigenvalue weighted by molar-refractivity contribution is 7.09. The van der Waals surface area contributed by atoms with Gasteiger partial charge in [-0.25, -0.2) is 4.98 Å². The standard InChI is InChI=1S/C19H23N3O4S/c1-11-21-16(10-27-11)13-8-15(20-9-13)18(23)22-5-2-12(3-6-22)17-14(19(24)25)4-7-26-17/h8-10,12,14,17,20H,2-7H2,1H3,(H,24,25)/t14?,17-/m0/s1. The Morgan fingerprint density at radius 2 is 2.11 bits per heavy atom. The van der Waals surface area contributed by atoms with Crippen molar-refractivity contribution in [2.75, 3.05) is 19.7 Å². The van der Waals surface area contributed by atoms with E-state index in [0.717, 1.165) is 29.1 Å². The lowest BCUT2D eigenvalue weighted by molar-refractivity contribution is -0.145. The number of aromatic nitrogens is 2. The smallest absolute Gasteiger partial charge is 0.309 e. The molecule has 144 valence electrons. The zero-order chi connectivity index (χ0) is 19.0. The minimum atomic E-state index is -0.771. The summed E-state index contributed by atoms with van der Waals surface area (Å²) in [6.45, 7) is 3.72. The van der Waals surface area contributed by atoms with E-state index in [1.54, 1.807) is 11.3 Å². The second-order valence-electron chi connectivity index (χ2n) is 7.25. The summed E-state index contributed by atoms with van der Waals surface area (Å²) in [4.78, 5) is 33.5. The quantitative estimate of drug-likeness (QED) is 0.838. The number of piperidine rings is 1. The van der Waals surface area contributed by atoms with Crippen LogP contribution in [0.5, 0.6) is 0 Å². The summed E-state index contributed by atoms with van der Waals surface area (Å²) in [5, 5.41) is 12.3. The number of carbonyl (C=O) groups is 2. The van der Waals surface area contributed by atoms with Crippen LogP contribution in [0.2, 0.25) is 0 Å². The lowest BCUT2D eigenvalue weighted by atomic mass is 9.84. The fourth-order valence-electron chi connectivity index (χ4n) is 4.10. The first-order valence-corrected chi connectivity index (χ1v) is 10.2. The first-order chi connectivity index (χ1) is 13.0. The van der Waals surface area contributed by atoms with Crippen LogP contribution >= 0.6 is 11.3 Å². The van der Waals surface area contributed by atoms with Gasteiger partial charge in [-0.3, -0.25) is 9.59 Å². The number of amides is 1. The molecule has 0 radical (unpaired) electrons. The van der Waals surface area contributed by atoms with Crippen molar-refractivity contribution in [1.82, 2.24) is 14.9 Å². The maximum Gasteiger partial charge on any atom is 0.309 e. The molecular formula is C19H23N3O4S. The largest absolute Gasteiger partial charge is 0.481 e. The van der Waals surface area contributed by atoms with Crippen molar-refractivity contribution in [3.05, 3.63) is 28.3 Å². The van der Waals surface area contributed by atoms with Gasteiger partial charge in [-0.2, -0.15) is 0 Å². The average Bonchev–Trinajstić information content (AvgIpc) is 3.41. The Balaban J connectivity index is 1.38. The van der Waals surface area contributed by atoms with E-state index in [9.17, 15) is 14.7 Å². The average molecular weight is 389 g/mol. The van der Waals surface area contributed by atoms with Gasteiger partial charge >= 0.3 is 5.97 Å². The van der Waals surface area contributed by atoms with Crippen LogP contribution in [-0.2, 0) is 9.53 Å². The van der Waals surface area contributed by atoms with Crippen molar-refractivity contribution in [2.24, 2.45) is 11.8 Å². The van der Waals surface area contributed by atoms with E-state index in [1.807, 2.05) is 29.5 Å². The Morgan fingerprint density at radius 1 is 1.33 bits per heavy atom. The van der Waals surface area contributed by atoms with Gasteiger partial charge in [0.25, 0.3) is 5.91 Å². The Kier molecular flexibility index (Phi) is 5.01. The highest BCUT2D eigenvalue weighted by atomic mass is 32.1. The number of hydrogen-bond donors (Lipinski definition) is 2. The van der Waals surface area contributed by atoms with Crippen molar-refractivity contribution in [3.8, 4) is 11.3 Å². The Bertz CT molecular complexity index is 838. The molecule has 0 bridgehead atoms. The number of aliphatic carboxylic acids is 1. The molecule has 1 amide bonds. The van der Waals surface area contributed by atoms with Gasteiger partial charge in [0.1, 0.15) is 5.69 Å². The zero-order valence-electron chi connectivity index (χ0n) is 15.2. The van der Waals surface area contributed by atoms with Gasteiger partial charge in [0.15, 0.2) is 0 Å². The molecule has 2 aliphatic rings. The predicted molar refractivity (Wildman–Crippen MR) is 101 cm³/mol. The van der Waals surface area contributed by atoms with Crippen molar-refractivity contribution in [2.45, 2.75) is 32.3 Å². The van der Waals surface area contributed by atoms with Gasteiger partial charge in [0.2, 0.25) is 0 Å². The number of carboxylic acid groups (broad SMARTS) is 1. The number of rotatable bonds is 4. The fraction of sp³-hybridized carbons (Fsp3) is 0.526. The van der Waals surface area contributed by atoms with Crippen molar-refractivity contribution >= 4 is 23.2 Å². The number of aryl methyl sites for hydroxylation is 1. The maximum absolute atomic E-state index is 12.8. The van der Waals surface area contributed by atoms with Crippen LogP contribution in [0, 0.1) is 18.8 Å². The number of H-pyrrole nitrogens is 1. The topological polar surface area (TPSA) is 95.5 Å². The van der Waals surface area contributed by atoms with Crippen molar-refractivity contribution < 1.29 is 19.4 Å². The van der Waals surface area contributed by atoms with Crippen LogP contribution in [-0.4, -0.2) is 57.7 Å². The number of carbonyl (C=O) groups excluding carboxylic acids is 1. The molecule has 0 aromatic carbocycles. The molecule has 8 heteroatoms. The van der Waals surface area contributed by atoms with Gasteiger partial charge in [-0.1, -0.05) is 0 Å². The summed E-state index contributed by atoms with van der Waals surface area (Å²) in [5.41, 5.74) is 2.36. The summed E-state index contributed by atoms with van der Waals surface area (Å²) in [7, 11) is 0. The van der Waals surface area contributed by atoms with E-state index in [2.05, 4.69) is 9.97 Å². The molecule has 4 rings (SSSR count). The number of likely N-dealkylation sites (tertiary alicyclic amines) is 1. The van der Waals surface area contributed by atoms with Gasteiger partial charge < -0.3 is 19.7 Å². The molecule has 0 aliphatic carbocycles. The van der Waals surface area contributed by atoms with Crippen LogP contribution in [0.3, 0.4) is 0 Å². The summed E-state index contributed by atoms with van der Waals surface area (Å²) >= 11 is 1.59. The number of nitrogens with one attached hydrogen (secondary N) is 1. The third-order valence-corrected chi connectivity index (χ3v) is 6.35. The van der Waals surface area contributed by atoms with Gasteiger partial charge in [0.05, 0.1) is 22.7 Å². The number of carboxylic acids is 1. The number of aromatic amines is 1. The molecule has 2 aromatic heterocycles.